The maximum absolute atomic E-state index is 11.8. The molecule has 6 heteroatoms. The van der Waals surface area contributed by atoms with Crippen molar-refractivity contribution in [1.82, 2.24) is 9.88 Å². The minimum absolute atomic E-state index is 0.171. The zero-order chi connectivity index (χ0) is 17.0. The number of nitrogens with two attached hydrogens (primary N) is 1. The van der Waals surface area contributed by atoms with E-state index in [1.54, 1.807) is 6.07 Å². The van der Waals surface area contributed by atoms with E-state index in [4.69, 9.17) is 11.0 Å². The van der Waals surface area contributed by atoms with Gasteiger partial charge in [-0.15, -0.1) is 0 Å². The predicted octanol–water partition coefficient (Wildman–Crippen LogP) is 2.71. The highest BCUT2D eigenvalue weighted by Gasteiger charge is 2.14. The van der Waals surface area contributed by atoms with Gasteiger partial charge in [0.1, 0.15) is 11.6 Å². The molecule has 0 saturated carbocycles. The quantitative estimate of drug-likeness (QED) is 0.670. The largest absolute Gasteiger partial charge is 0.351 e. The van der Waals surface area contributed by atoms with Crippen LogP contribution in [0.2, 0.25) is 0 Å². The summed E-state index contributed by atoms with van der Waals surface area (Å²) in [7, 11) is 0. The fraction of sp³-hybridized carbons (Fsp3) is 0.235. The van der Waals surface area contributed by atoms with E-state index in [9.17, 15) is 9.59 Å². The molecule has 0 fully saturated rings. The molecule has 1 heterocycles. The average molecular weight is 310 g/mol. The fourth-order valence-electron chi connectivity index (χ4n) is 2.39. The molecule has 0 radical (unpaired) electrons. The molecule has 118 valence electrons. The topological polar surface area (TPSA) is 101 Å². The summed E-state index contributed by atoms with van der Waals surface area (Å²) in [5.74, 6) is -0.805. The number of carbonyl (C=O) groups excluding carboxylic acids is 2. The summed E-state index contributed by atoms with van der Waals surface area (Å²) in [6, 6.07) is 8.87. The van der Waals surface area contributed by atoms with Gasteiger partial charge in [0.05, 0.1) is 0 Å². The van der Waals surface area contributed by atoms with Gasteiger partial charge in [0.2, 0.25) is 0 Å². The third-order valence-electron chi connectivity index (χ3n) is 3.74. The molecule has 2 aromatic rings. The number of imide groups is 1. The van der Waals surface area contributed by atoms with Crippen molar-refractivity contribution in [3.8, 4) is 6.07 Å². The van der Waals surface area contributed by atoms with Crippen molar-refractivity contribution in [1.29, 1.82) is 5.26 Å². The first kappa shape index (κ1) is 16.3. The van der Waals surface area contributed by atoms with Crippen molar-refractivity contribution in [3.63, 3.8) is 0 Å². The minimum Gasteiger partial charge on any atom is -0.351 e. The molecule has 1 atom stereocenters. The first-order valence-corrected chi connectivity index (χ1v) is 7.30. The van der Waals surface area contributed by atoms with Crippen LogP contribution >= 0.6 is 0 Å². The molecule has 1 aromatic heterocycles. The van der Waals surface area contributed by atoms with E-state index >= 15 is 0 Å². The lowest BCUT2D eigenvalue weighted by molar-refractivity contribution is -0.115. The van der Waals surface area contributed by atoms with Crippen molar-refractivity contribution in [2.24, 2.45) is 5.73 Å². The number of fused-ring (bicyclic) bond motifs is 1. The second-order valence-corrected chi connectivity index (χ2v) is 5.25. The van der Waals surface area contributed by atoms with E-state index in [-0.39, 0.29) is 11.6 Å². The van der Waals surface area contributed by atoms with E-state index in [0.717, 1.165) is 22.9 Å². The molecule has 1 aromatic carbocycles. The molecule has 3 N–H and O–H groups in total. The number of nitriles is 1. The summed E-state index contributed by atoms with van der Waals surface area (Å²) in [4.78, 5) is 22.6. The molecular formula is C17H18N4O2. The zero-order valence-corrected chi connectivity index (χ0v) is 13.0. The molecule has 6 nitrogen and oxygen atoms in total. The molecule has 0 aliphatic rings. The number of nitrogens with zero attached hydrogens (tertiary/aromatic N) is 2. The number of hydrogen-bond donors (Lipinski definition) is 2. The van der Waals surface area contributed by atoms with Gasteiger partial charge in [-0.3, -0.25) is 10.1 Å². The Labute approximate surface area is 134 Å². The Bertz CT molecular complexity index is 827. The third-order valence-corrected chi connectivity index (χ3v) is 3.74. The highest BCUT2D eigenvalue weighted by molar-refractivity contribution is 6.09. The summed E-state index contributed by atoms with van der Waals surface area (Å²) < 4.78 is 2.11. The smallest absolute Gasteiger partial charge is 0.319 e. The van der Waals surface area contributed by atoms with Gasteiger partial charge in [0, 0.05) is 28.7 Å². The molecule has 0 spiro atoms. The Hall–Kier alpha value is -3.07. The van der Waals surface area contributed by atoms with Crippen LogP contribution in [0.1, 0.15) is 31.9 Å². The standard InChI is InChI=1S/C17H18N4O2/c1-3-11(2)21-10-13(14-6-4-5-7-15(14)21)8-12(9-18)16(22)20-17(19)23/h4-8,10-11H,3H2,1-2H3,(H3,19,20,22,23)/b12-8-/t11-/m0/s1. The summed E-state index contributed by atoms with van der Waals surface area (Å²) in [6.45, 7) is 4.20. The number of rotatable bonds is 4. The zero-order valence-electron chi connectivity index (χ0n) is 13.0. The van der Waals surface area contributed by atoms with E-state index in [0.29, 0.717) is 0 Å². The Morgan fingerprint density at radius 2 is 2.13 bits per heavy atom. The second kappa shape index (κ2) is 6.79. The van der Waals surface area contributed by atoms with Crippen LogP contribution in [0.25, 0.3) is 17.0 Å². The maximum Gasteiger partial charge on any atom is 0.319 e. The summed E-state index contributed by atoms with van der Waals surface area (Å²) >= 11 is 0. The van der Waals surface area contributed by atoms with Crippen molar-refractivity contribution in [2.45, 2.75) is 26.3 Å². The van der Waals surface area contributed by atoms with Gasteiger partial charge in [-0.1, -0.05) is 25.1 Å². The number of nitrogens with one attached hydrogen (secondary N) is 1. The maximum atomic E-state index is 11.8. The van der Waals surface area contributed by atoms with Crippen LogP contribution in [-0.4, -0.2) is 16.5 Å². The summed E-state index contributed by atoms with van der Waals surface area (Å²) in [5.41, 5.74) is 6.53. The number of benzene rings is 1. The highest BCUT2D eigenvalue weighted by Crippen LogP contribution is 2.27. The number of carbonyl (C=O) groups is 2. The Morgan fingerprint density at radius 1 is 1.43 bits per heavy atom. The van der Waals surface area contributed by atoms with Gasteiger partial charge in [-0.2, -0.15) is 5.26 Å². The van der Waals surface area contributed by atoms with Gasteiger partial charge in [0.15, 0.2) is 0 Å². The van der Waals surface area contributed by atoms with Gasteiger partial charge < -0.3 is 10.3 Å². The number of amides is 3. The van der Waals surface area contributed by atoms with Crippen LogP contribution in [-0.2, 0) is 4.79 Å². The number of aromatic nitrogens is 1. The van der Waals surface area contributed by atoms with E-state index < -0.39 is 11.9 Å². The SMILES string of the molecule is CC[C@H](C)n1cc(/C=C(/C#N)C(=O)NC(N)=O)c2ccccc21. The highest BCUT2D eigenvalue weighted by atomic mass is 16.2. The molecular weight excluding hydrogens is 292 g/mol. The molecule has 3 amide bonds. The van der Waals surface area contributed by atoms with Crippen molar-refractivity contribution < 1.29 is 9.59 Å². The van der Waals surface area contributed by atoms with Gasteiger partial charge in [-0.25, -0.2) is 4.79 Å². The number of hydrogen-bond acceptors (Lipinski definition) is 3. The summed E-state index contributed by atoms with van der Waals surface area (Å²) in [6.07, 6.45) is 4.34. The van der Waals surface area contributed by atoms with Crippen molar-refractivity contribution in [3.05, 3.63) is 41.6 Å². The van der Waals surface area contributed by atoms with Crippen LogP contribution in [0, 0.1) is 11.3 Å². The number of urea groups is 1. The number of primary amides is 1. The second-order valence-electron chi connectivity index (χ2n) is 5.25. The lowest BCUT2D eigenvalue weighted by Gasteiger charge is -2.12. The molecule has 0 bridgehead atoms. The summed E-state index contributed by atoms with van der Waals surface area (Å²) in [5, 5.41) is 12.0. The lowest BCUT2D eigenvalue weighted by atomic mass is 10.1. The van der Waals surface area contributed by atoms with E-state index in [1.807, 2.05) is 35.8 Å². The van der Waals surface area contributed by atoms with E-state index in [2.05, 4.69) is 18.4 Å². The first-order chi connectivity index (χ1) is 11.0. The monoisotopic (exact) mass is 310 g/mol. The van der Waals surface area contributed by atoms with Gasteiger partial charge in [-0.05, 0) is 25.5 Å². The van der Waals surface area contributed by atoms with E-state index in [1.165, 1.54) is 6.08 Å². The molecule has 23 heavy (non-hydrogen) atoms. The minimum atomic E-state index is -0.988. The van der Waals surface area contributed by atoms with Gasteiger partial charge in [0.25, 0.3) is 5.91 Å². The molecule has 0 aliphatic heterocycles. The van der Waals surface area contributed by atoms with Crippen molar-refractivity contribution >= 4 is 28.9 Å². The lowest BCUT2D eigenvalue weighted by Crippen LogP contribution is -2.35. The van der Waals surface area contributed by atoms with Crippen LogP contribution in [0.3, 0.4) is 0 Å². The van der Waals surface area contributed by atoms with Crippen LogP contribution in [0.5, 0.6) is 0 Å². The van der Waals surface area contributed by atoms with Gasteiger partial charge >= 0.3 is 6.03 Å². The molecule has 0 unspecified atom stereocenters. The molecule has 0 aliphatic carbocycles. The number of para-hydroxylation sites is 1. The Morgan fingerprint density at radius 3 is 2.74 bits per heavy atom. The fourth-order valence-corrected chi connectivity index (χ4v) is 2.39. The van der Waals surface area contributed by atoms with Crippen LogP contribution < -0.4 is 11.1 Å². The van der Waals surface area contributed by atoms with Crippen molar-refractivity contribution in [2.75, 3.05) is 0 Å². The van der Waals surface area contributed by atoms with Crippen LogP contribution in [0.4, 0.5) is 4.79 Å². The normalized spacial score (nSPS) is 12.7. The third kappa shape index (κ3) is 3.40. The Balaban J connectivity index is 2.55. The first-order valence-electron chi connectivity index (χ1n) is 7.30. The predicted molar refractivity (Wildman–Crippen MR) is 88.3 cm³/mol. The molecule has 2 rings (SSSR count). The van der Waals surface area contributed by atoms with Crippen LogP contribution in [0.15, 0.2) is 36.0 Å². The average Bonchev–Trinajstić information content (AvgIpc) is 2.90. The Kier molecular flexibility index (Phi) is 4.82. The molecule has 0 saturated heterocycles.